The molecule has 1 aromatic heterocycles. The molecule has 146 valence electrons. The fourth-order valence-corrected chi connectivity index (χ4v) is 4.66. The zero-order chi connectivity index (χ0) is 19.8. The van der Waals surface area contributed by atoms with Crippen molar-refractivity contribution in [1.29, 1.82) is 0 Å². The molecule has 1 aromatic carbocycles. The van der Waals surface area contributed by atoms with E-state index in [1.54, 1.807) is 18.3 Å². The maximum Gasteiger partial charge on any atom is 0.416 e. The summed E-state index contributed by atoms with van der Waals surface area (Å²) in [6.45, 7) is 2.24. The molecule has 0 spiro atoms. The van der Waals surface area contributed by atoms with E-state index < -0.39 is 21.8 Å². The Hall–Kier alpha value is -1.84. The van der Waals surface area contributed by atoms with Crippen LogP contribution in [0.25, 0.3) is 0 Å². The molecule has 3 rings (SSSR count). The minimum Gasteiger partial charge on any atom is -0.353 e. The number of aromatic nitrogens is 1. The molecule has 0 saturated carbocycles. The number of anilines is 1. The summed E-state index contributed by atoms with van der Waals surface area (Å²) in [5.41, 5.74) is -0.960. The number of nitrogens with zero attached hydrogens (tertiary/aromatic N) is 3. The fraction of sp³-hybridized carbons (Fsp3) is 0.353. The second-order valence-corrected chi connectivity index (χ2v) is 8.52. The largest absolute Gasteiger partial charge is 0.416 e. The molecule has 0 aliphatic carbocycles. The molecular weight excluding hydrogens is 403 g/mol. The molecule has 0 amide bonds. The van der Waals surface area contributed by atoms with Crippen LogP contribution >= 0.6 is 11.6 Å². The molecular formula is C17H17ClF3N3O2S. The van der Waals surface area contributed by atoms with Gasteiger partial charge in [-0.2, -0.15) is 17.5 Å². The lowest BCUT2D eigenvalue weighted by molar-refractivity contribution is -0.138. The highest BCUT2D eigenvalue weighted by molar-refractivity contribution is 7.89. The van der Waals surface area contributed by atoms with Crippen molar-refractivity contribution in [2.75, 3.05) is 31.1 Å². The lowest BCUT2D eigenvalue weighted by atomic mass is 10.1. The number of benzene rings is 1. The van der Waals surface area contributed by atoms with Gasteiger partial charge in [0.25, 0.3) is 0 Å². The highest BCUT2D eigenvalue weighted by atomic mass is 35.5. The van der Waals surface area contributed by atoms with E-state index in [1.807, 2.05) is 4.90 Å². The van der Waals surface area contributed by atoms with Crippen LogP contribution in [0.15, 0.2) is 41.4 Å². The van der Waals surface area contributed by atoms with E-state index in [1.165, 1.54) is 23.4 Å². The predicted molar refractivity (Wildman–Crippen MR) is 96.4 cm³/mol. The first-order valence-electron chi connectivity index (χ1n) is 8.14. The zero-order valence-electron chi connectivity index (χ0n) is 14.4. The first-order valence-corrected chi connectivity index (χ1v) is 9.96. The van der Waals surface area contributed by atoms with E-state index in [2.05, 4.69) is 4.98 Å². The normalized spacial score (nSPS) is 16.6. The molecule has 1 saturated heterocycles. The van der Waals surface area contributed by atoms with Crippen molar-refractivity contribution < 1.29 is 21.6 Å². The van der Waals surface area contributed by atoms with Crippen LogP contribution in [0.3, 0.4) is 0 Å². The molecule has 1 fully saturated rings. The van der Waals surface area contributed by atoms with Gasteiger partial charge < -0.3 is 4.90 Å². The van der Waals surface area contributed by atoms with Crippen molar-refractivity contribution in [3.8, 4) is 0 Å². The molecule has 0 unspecified atom stereocenters. The summed E-state index contributed by atoms with van der Waals surface area (Å²) in [7, 11) is -4.02. The van der Waals surface area contributed by atoms with Crippen LogP contribution in [0.4, 0.5) is 19.0 Å². The van der Waals surface area contributed by atoms with E-state index >= 15 is 0 Å². The lowest BCUT2D eigenvalue weighted by Crippen LogP contribution is -2.49. The van der Waals surface area contributed by atoms with Gasteiger partial charge in [-0.25, -0.2) is 13.4 Å². The van der Waals surface area contributed by atoms with Crippen molar-refractivity contribution >= 4 is 27.4 Å². The summed E-state index contributed by atoms with van der Waals surface area (Å²) < 4.78 is 66.1. The van der Waals surface area contributed by atoms with E-state index in [0.717, 1.165) is 0 Å². The van der Waals surface area contributed by atoms with Crippen molar-refractivity contribution in [2.24, 2.45) is 0 Å². The van der Waals surface area contributed by atoms with E-state index in [0.29, 0.717) is 30.0 Å². The third-order valence-electron chi connectivity index (χ3n) is 4.43. The Kier molecular flexibility index (Phi) is 5.38. The van der Waals surface area contributed by atoms with Gasteiger partial charge >= 0.3 is 6.18 Å². The van der Waals surface area contributed by atoms with Gasteiger partial charge in [-0.05, 0) is 36.8 Å². The molecule has 2 heterocycles. The molecule has 5 nitrogen and oxygen atoms in total. The molecule has 1 aliphatic heterocycles. The lowest BCUT2D eigenvalue weighted by Gasteiger charge is -2.35. The Morgan fingerprint density at radius 1 is 1.11 bits per heavy atom. The van der Waals surface area contributed by atoms with Crippen molar-refractivity contribution in [1.82, 2.24) is 9.29 Å². The summed E-state index contributed by atoms with van der Waals surface area (Å²) in [5, 5.41) is 0.460. The average Bonchev–Trinajstić information content (AvgIpc) is 2.61. The summed E-state index contributed by atoms with van der Waals surface area (Å²) in [5.74, 6) is 0.561. The summed E-state index contributed by atoms with van der Waals surface area (Å²) >= 11 is 6.11. The number of rotatable bonds is 3. The molecule has 0 atom stereocenters. The van der Waals surface area contributed by atoms with Crippen LogP contribution < -0.4 is 4.90 Å². The second kappa shape index (κ2) is 7.29. The van der Waals surface area contributed by atoms with Crippen molar-refractivity contribution in [3.05, 3.63) is 52.7 Å². The smallest absolute Gasteiger partial charge is 0.353 e. The minimum atomic E-state index is -4.61. The van der Waals surface area contributed by atoms with Gasteiger partial charge in [0.15, 0.2) is 0 Å². The summed E-state index contributed by atoms with van der Waals surface area (Å²) in [6, 6.07) is 6.48. The zero-order valence-corrected chi connectivity index (χ0v) is 15.9. The Labute approximate surface area is 160 Å². The molecule has 0 radical (unpaired) electrons. The van der Waals surface area contributed by atoms with Crippen LogP contribution in [0, 0.1) is 6.92 Å². The van der Waals surface area contributed by atoms with Crippen LogP contribution in [0.5, 0.6) is 0 Å². The predicted octanol–water partition coefficient (Wildman–Crippen LogP) is 3.57. The first kappa shape index (κ1) is 19.9. The molecule has 10 heteroatoms. The van der Waals surface area contributed by atoms with Crippen molar-refractivity contribution in [3.63, 3.8) is 0 Å². The number of pyridine rings is 1. The SMILES string of the molecule is Cc1ccc(S(=O)(=O)N2CCN(c3ncccc3Cl)CC2)cc1C(F)(F)F. The van der Waals surface area contributed by atoms with E-state index in [-0.39, 0.29) is 23.5 Å². The van der Waals surface area contributed by atoms with Gasteiger partial charge in [0.1, 0.15) is 5.82 Å². The number of hydrogen-bond acceptors (Lipinski definition) is 4. The topological polar surface area (TPSA) is 53.5 Å². The highest BCUT2D eigenvalue weighted by Gasteiger charge is 2.35. The van der Waals surface area contributed by atoms with Gasteiger partial charge in [0.2, 0.25) is 10.0 Å². The Bertz CT molecular complexity index is 943. The molecule has 1 aliphatic rings. The second-order valence-electron chi connectivity index (χ2n) is 6.17. The quantitative estimate of drug-likeness (QED) is 0.763. The van der Waals surface area contributed by atoms with Crippen molar-refractivity contribution in [2.45, 2.75) is 18.0 Å². The Morgan fingerprint density at radius 2 is 1.78 bits per heavy atom. The summed E-state index contributed by atoms with van der Waals surface area (Å²) in [6.07, 6.45) is -3.01. The Balaban J connectivity index is 1.81. The standard InChI is InChI=1S/C17H17ClF3N3O2S/c1-12-4-5-13(11-14(12)17(19,20)21)27(25,26)24-9-7-23(8-10-24)16-15(18)3-2-6-22-16/h2-6,11H,7-10H2,1H3. The van der Waals surface area contributed by atoms with Crippen LogP contribution in [-0.4, -0.2) is 43.9 Å². The number of sulfonamides is 1. The number of piperazine rings is 1. The van der Waals surface area contributed by atoms with Gasteiger partial charge in [0.05, 0.1) is 15.5 Å². The number of halogens is 4. The van der Waals surface area contributed by atoms with E-state index in [4.69, 9.17) is 11.6 Å². The maximum absolute atomic E-state index is 13.1. The van der Waals surface area contributed by atoms with Gasteiger partial charge in [-0.3, -0.25) is 0 Å². The Morgan fingerprint density at radius 3 is 2.37 bits per heavy atom. The first-order chi connectivity index (χ1) is 12.6. The number of alkyl halides is 3. The fourth-order valence-electron chi connectivity index (χ4n) is 2.97. The van der Waals surface area contributed by atoms with Gasteiger partial charge in [-0.15, -0.1) is 0 Å². The van der Waals surface area contributed by atoms with E-state index in [9.17, 15) is 21.6 Å². The third-order valence-corrected chi connectivity index (χ3v) is 6.62. The molecule has 2 aromatic rings. The highest BCUT2D eigenvalue weighted by Crippen LogP contribution is 2.34. The van der Waals surface area contributed by atoms with Gasteiger partial charge in [0, 0.05) is 32.4 Å². The number of hydrogen-bond donors (Lipinski definition) is 0. The average molecular weight is 420 g/mol. The van der Waals surface area contributed by atoms with Crippen LogP contribution in [0.2, 0.25) is 5.02 Å². The molecule has 0 bridgehead atoms. The minimum absolute atomic E-state index is 0.0175. The van der Waals surface area contributed by atoms with Gasteiger partial charge in [-0.1, -0.05) is 17.7 Å². The third kappa shape index (κ3) is 4.04. The van der Waals surface area contributed by atoms with Crippen LogP contribution in [-0.2, 0) is 16.2 Å². The molecule has 0 N–H and O–H groups in total. The van der Waals surface area contributed by atoms with Crippen LogP contribution in [0.1, 0.15) is 11.1 Å². The number of aryl methyl sites for hydroxylation is 1. The monoisotopic (exact) mass is 419 g/mol. The summed E-state index contributed by atoms with van der Waals surface area (Å²) in [4.78, 5) is 5.69. The maximum atomic E-state index is 13.1. The molecule has 27 heavy (non-hydrogen) atoms.